The zero-order valence-corrected chi connectivity index (χ0v) is 18.1. The second-order valence-corrected chi connectivity index (χ2v) is 7.25. The highest BCUT2D eigenvalue weighted by Gasteiger charge is 2.11. The topological polar surface area (TPSA) is 71.3 Å². The van der Waals surface area contributed by atoms with Gasteiger partial charge >= 0.3 is 0 Å². The van der Waals surface area contributed by atoms with E-state index in [1.54, 1.807) is 54.6 Å². The summed E-state index contributed by atoms with van der Waals surface area (Å²) in [6, 6.07) is 21.3. The van der Waals surface area contributed by atoms with Gasteiger partial charge in [0.05, 0.1) is 17.2 Å². The summed E-state index contributed by atoms with van der Waals surface area (Å²) in [5.74, 6) is 0.486. The summed E-state index contributed by atoms with van der Waals surface area (Å²) in [5.41, 5.74) is 2.05. The van der Waals surface area contributed by atoms with Crippen LogP contribution in [0.2, 0.25) is 10.0 Å². The summed E-state index contributed by atoms with van der Waals surface area (Å²) in [6.45, 7) is 0.269. The van der Waals surface area contributed by atoms with Gasteiger partial charge in [0.1, 0.15) is 18.2 Å². The van der Waals surface area contributed by atoms with Crippen LogP contribution in [-0.4, -0.2) is 13.0 Å². The maximum Gasteiger partial charge on any atom is 0.266 e. The van der Waals surface area contributed by atoms with E-state index in [9.17, 15) is 10.1 Å². The number of nitriles is 1. The van der Waals surface area contributed by atoms with Gasteiger partial charge in [-0.3, -0.25) is 4.79 Å². The molecule has 0 unspecified atom stereocenters. The number of hydrogen-bond acceptors (Lipinski definition) is 4. The van der Waals surface area contributed by atoms with E-state index in [4.69, 9.17) is 32.7 Å². The number of nitrogens with zero attached hydrogens (tertiary/aromatic N) is 1. The summed E-state index contributed by atoms with van der Waals surface area (Å²) in [6.07, 6.45) is 1.49. The van der Waals surface area contributed by atoms with E-state index in [0.29, 0.717) is 32.8 Å². The molecule has 3 aromatic rings. The molecule has 7 heteroatoms. The molecule has 0 atom stereocenters. The lowest BCUT2D eigenvalue weighted by Crippen LogP contribution is -2.13. The van der Waals surface area contributed by atoms with Gasteiger partial charge in [-0.15, -0.1) is 0 Å². The molecule has 0 aliphatic carbocycles. The number of anilines is 1. The van der Waals surface area contributed by atoms with Gasteiger partial charge in [-0.25, -0.2) is 0 Å². The molecule has 0 bridgehead atoms. The average Bonchev–Trinajstić information content (AvgIpc) is 2.79. The molecule has 0 aliphatic heterocycles. The fourth-order valence-corrected chi connectivity index (χ4v) is 3.04. The van der Waals surface area contributed by atoms with Crippen molar-refractivity contribution in [3.63, 3.8) is 0 Å². The molecular formula is C24H18Cl2N2O3. The predicted molar refractivity (Wildman–Crippen MR) is 122 cm³/mol. The van der Waals surface area contributed by atoms with Crippen molar-refractivity contribution >= 4 is 40.9 Å². The van der Waals surface area contributed by atoms with Crippen LogP contribution in [-0.2, 0) is 11.4 Å². The number of para-hydroxylation sites is 1. The number of rotatable bonds is 7. The smallest absolute Gasteiger partial charge is 0.266 e. The van der Waals surface area contributed by atoms with Crippen LogP contribution < -0.4 is 14.8 Å². The van der Waals surface area contributed by atoms with Gasteiger partial charge in [0, 0.05) is 5.69 Å². The third-order valence-electron chi connectivity index (χ3n) is 4.27. The van der Waals surface area contributed by atoms with Crippen LogP contribution in [0.25, 0.3) is 6.08 Å². The highest BCUT2D eigenvalue weighted by molar-refractivity contribution is 6.42. The number of benzene rings is 3. The van der Waals surface area contributed by atoms with Gasteiger partial charge < -0.3 is 14.8 Å². The fourth-order valence-electron chi connectivity index (χ4n) is 2.72. The molecule has 0 aromatic heterocycles. The normalized spacial score (nSPS) is 10.8. The van der Waals surface area contributed by atoms with Crippen LogP contribution in [0, 0.1) is 11.3 Å². The quantitative estimate of drug-likeness (QED) is 0.345. The molecule has 0 fully saturated rings. The molecule has 0 radical (unpaired) electrons. The van der Waals surface area contributed by atoms with Crippen LogP contribution in [0.4, 0.5) is 5.69 Å². The minimum absolute atomic E-state index is 0.0321. The Labute approximate surface area is 190 Å². The van der Waals surface area contributed by atoms with Crippen molar-refractivity contribution in [2.45, 2.75) is 6.61 Å². The highest BCUT2D eigenvalue weighted by atomic mass is 35.5. The van der Waals surface area contributed by atoms with Crippen LogP contribution in [0.15, 0.2) is 72.3 Å². The molecule has 0 aliphatic rings. The number of carbonyl (C=O) groups excluding carboxylic acids is 1. The van der Waals surface area contributed by atoms with Crippen molar-refractivity contribution in [3.8, 4) is 17.6 Å². The molecule has 0 saturated carbocycles. The molecule has 1 N–H and O–H groups in total. The van der Waals surface area contributed by atoms with E-state index >= 15 is 0 Å². The van der Waals surface area contributed by atoms with E-state index in [1.165, 1.54) is 13.2 Å². The van der Waals surface area contributed by atoms with Gasteiger partial charge in [-0.1, -0.05) is 53.5 Å². The maximum atomic E-state index is 12.4. The van der Waals surface area contributed by atoms with Crippen LogP contribution >= 0.6 is 23.2 Å². The number of ether oxygens (including phenoxy) is 2. The zero-order valence-electron chi connectivity index (χ0n) is 16.6. The number of methoxy groups -OCH3 is 1. The molecule has 1 amide bonds. The van der Waals surface area contributed by atoms with E-state index in [0.717, 1.165) is 5.56 Å². The van der Waals surface area contributed by atoms with Crippen LogP contribution in [0.1, 0.15) is 11.1 Å². The third kappa shape index (κ3) is 6.02. The Bertz CT molecular complexity index is 1160. The van der Waals surface area contributed by atoms with Crippen molar-refractivity contribution in [1.82, 2.24) is 0 Å². The highest BCUT2D eigenvalue weighted by Crippen LogP contribution is 2.30. The van der Waals surface area contributed by atoms with E-state index < -0.39 is 5.91 Å². The lowest BCUT2D eigenvalue weighted by molar-refractivity contribution is -0.112. The molecule has 3 rings (SSSR count). The summed E-state index contributed by atoms with van der Waals surface area (Å²) in [7, 11) is 1.52. The number of carbonyl (C=O) groups is 1. The van der Waals surface area contributed by atoms with Crippen molar-refractivity contribution in [3.05, 3.63) is 93.5 Å². The minimum atomic E-state index is -0.493. The Balaban J connectivity index is 1.75. The largest absolute Gasteiger partial charge is 0.493 e. The van der Waals surface area contributed by atoms with Crippen molar-refractivity contribution in [1.29, 1.82) is 5.26 Å². The monoisotopic (exact) mass is 452 g/mol. The Morgan fingerprint density at radius 3 is 2.48 bits per heavy atom. The summed E-state index contributed by atoms with van der Waals surface area (Å²) in [5, 5.41) is 13.0. The van der Waals surface area contributed by atoms with Gasteiger partial charge in [-0.05, 0) is 53.6 Å². The van der Waals surface area contributed by atoms with Crippen LogP contribution in [0.5, 0.6) is 11.5 Å². The Morgan fingerprint density at radius 2 is 1.81 bits per heavy atom. The van der Waals surface area contributed by atoms with Crippen molar-refractivity contribution in [2.75, 3.05) is 12.4 Å². The van der Waals surface area contributed by atoms with Crippen molar-refractivity contribution < 1.29 is 14.3 Å². The molecule has 5 nitrogen and oxygen atoms in total. The zero-order chi connectivity index (χ0) is 22.2. The van der Waals surface area contributed by atoms with Crippen molar-refractivity contribution in [2.24, 2.45) is 0 Å². The average molecular weight is 453 g/mol. The summed E-state index contributed by atoms with van der Waals surface area (Å²) >= 11 is 12.0. The lowest BCUT2D eigenvalue weighted by Gasteiger charge is -2.12. The Kier molecular flexibility index (Phi) is 7.55. The molecular weight excluding hydrogens is 435 g/mol. The van der Waals surface area contributed by atoms with E-state index in [-0.39, 0.29) is 12.2 Å². The summed E-state index contributed by atoms with van der Waals surface area (Å²) < 4.78 is 11.2. The SMILES string of the molecule is COc1cc(C=C(C#N)C(=O)Nc2ccccc2)ccc1OCc1ccc(Cl)c(Cl)c1. The summed E-state index contributed by atoms with van der Waals surface area (Å²) in [4.78, 5) is 12.4. The van der Waals surface area contributed by atoms with Gasteiger partial charge in [0.15, 0.2) is 11.5 Å². The van der Waals surface area contributed by atoms with E-state index in [2.05, 4.69) is 5.32 Å². The molecule has 31 heavy (non-hydrogen) atoms. The first kappa shape index (κ1) is 22.2. The fraction of sp³-hybridized carbons (Fsp3) is 0.0833. The maximum absolute atomic E-state index is 12.4. The Hall–Kier alpha value is -3.46. The molecule has 3 aromatic carbocycles. The first-order valence-electron chi connectivity index (χ1n) is 9.23. The van der Waals surface area contributed by atoms with E-state index in [1.807, 2.05) is 18.2 Å². The van der Waals surface area contributed by atoms with Gasteiger partial charge in [0.25, 0.3) is 5.91 Å². The molecule has 0 spiro atoms. The number of hydrogen-bond donors (Lipinski definition) is 1. The standard InChI is InChI=1S/C24H18Cl2N2O3/c1-30-23-13-16(11-18(14-27)24(29)28-19-5-3-2-4-6-19)8-10-22(23)31-15-17-7-9-20(25)21(26)12-17/h2-13H,15H2,1H3,(H,28,29). The number of halogens is 2. The second-order valence-electron chi connectivity index (χ2n) is 6.44. The molecule has 0 heterocycles. The first-order chi connectivity index (χ1) is 15.0. The Morgan fingerprint density at radius 1 is 1.03 bits per heavy atom. The van der Waals surface area contributed by atoms with Gasteiger partial charge in [-0.2, -0.15) is 5.26 Å². The second kappa shape index (κ2) is 10.5. The van der Waals surface area contributed by atoms with Crippen LogP contribution in [0.3, 0.4) is 0 Å². The molecule has 156 valence electrons. The first-order valence-corrected chi connectivity index (χ1v) is 9.98. The minimum Gasteiger partial charge on any atom is -0.493 e. The van der Waals surface area contributed by atoms with Gasteiger partial charge in [0.2, 0.25) is 0 Å². The molecule has 0 saturated heterocycles. The lowest BCUT2D eigenvalue weighted by atomic mass is 10.1. The number of nitrogens with one attached hydrogen (secondary N) is 1. The third-order valence-corrected chi connectivity index (χ3v) is 5.01. The predicted octanol–water partition coefficient (Wildman–Crippen LogP) is 6.13. The number of amides is 1.